The van der Waals surface area contributed by atoms with Gasteiger partial charge in [0.1, 0.15) is 12.2 Å². The molecule has 0 atom stereocenters. The van der Waals surface area contributed by atoms with Gasteiger partial charge in [0.15, 0.2) is 9.84 Å². The number of rotatable bonds is 6. The molecule has 0 aromatic carbocycles. The molecule has 1 aromatic heterocycles. The fourth-order valence-corrected chi connectivity index (χ4v) is 1.80. The lowest BCUT2D eigenvalue weighted by Crippen LogP contribution is -2.41. The summed E-state index contributed by atoms with van der Waals surface area (Å²) in [7, 11) is -3.08. The first-order valence-corrected chi connectivity index (χ1v) is 7.83. The highest BCUT2D eigenvalue weighted by atomic mass is 32.2. The molecule has 0 bridgehead atoms. The van der Waals surface area contributed by atoms with E-state index < -0.39 is 14.6 Å². The Morgan fingerprint density at radius 2 is 2.06 bits per heavy atom. The molecule has 1 aromatic rings. The number of hydrogen-bond acceptors (Lipinski definition) is 5. The molecule has 104 valence electrons. The van der Waals surface area contributed by atoms with Gasteiger partial charge in [0, 0.05) is 18.8 Å². The zero-order valence-corrected chi connectivity index (χ0v) is 12.5. The number of hydrogen-bond donors (Lipinski definition) is 1. The van der Waals surface area contributed by atoms with Crippen LogP contribution in [-0.2, 0) is 16.4 Å². The quantitative estimate of drug-likeness (QED) is 0.829. The molecule has 0 unspecified atom stereocenters. The van der Waals surface area contributed by atoms with Crippen molar-refractivity contribution in [2.45, 2.75) is 45.0 Å². The molecule has 0 fully saturated rings. The van der Waals surface area contributed by atoms with Gasteiger partial charge in [-0.3, -0.25) is 0 Å². The lowest BCUT2D eigenvalue weighted by molar-refractivity contribution is 0.474. The third kappa shape index (κ3) is 3.52. The third-order valence-electron chi connectivity index (χ3n) is 2.97. The van der Waals surface area contributed by atoms with E-state index in [1.807, 2.05) is 18.5 Å². The maximum absolute atomic E-state index is 11.5. The Morgan fingerprint density at radius 1 is 1.44 bits per heavy atom. The number of nitrogens with one attached hydrogen (secondary N) is 1. The molecule has 0 spiro atoms. The Bertz CT molecular complexity index is 491. The monoisotopic (exact) mass is 274 g/mol. The van der Waals surface area contributed by atoms with Crippen molar-refractivity contribution in [2.24, 2.45) is 0 Å². The summed E-state index contributed by atoms with van der Waals surface area (Å²) in [6.45, 7) is 8.37. The van der Waals surface area contributed by atoms with Gasteiger partial charge >= 0.3 is 0 Å². The number of nitrogens with zero attached hydrogens (tertiary/aromatic N) is 3. The van der Waals surface area contributed by atoms with Crippen LogP contribution in [0.5, 0.6) is 0 Å². The van der Waals surface area contributed by atoms with E-state index in [2.05, 4.69) is 15.4 Å². The molecule has 0 saturated carbocycles. The van der Waals surface area contributed by atoms with E-state index in [-0.39, 0.29) is 6.04 Å². The van der Waals surface area contributed by atoms with Gasteiger partial charge in [0.05, 0.1) is 11.3 Å². The standard InChI is InChI=1S/C11H22N4O2S/c1-9(2)15-10(13-8-14-15)6-12-7-11(3,4)18(5,16)17/h8-9,12H,6-7H2,1-5H3. The van der Waals surface area contributed by atoms with Crippen molar-refractivity contribution in [1.82, 2.24) is 20.1 Å². The highest BCUT2D eigenvalue weighted by Gasteiger charge is 2.29. The van der Waals surface area contributed by atoms with E-state index in [9.17, 15) is 8.42 Å². The maximum Gasteiger partial charge on any atom is 0.153 e. The summed E-state index contributed by atoms with van der Waals surface area (Å²) in [4.78, 5) is 4.16. The molecule has 0 saturated heterocycles. The second-order valence-electron chi connectivity index (χ2n) is 5.35. The Hall–Kier alpha value is -0.950. The van der Waals surface area contributed by atoms with Crippen LogP contribution in [0.2, 0.25) is 0 Å². The van der Waals surface area contributed by atoms with Gasteiger partial charge in [-0.2, -0.15) is 5.10 Å². The van der Waals surface area contributed by atoms with Gasteiger partial charge in [0.25, 0.3) is 0 Å². The van der Waals surface area contributed by atoms with E-state index in [0.717, 1.165) is 5.82 Å². The first kappa shape index (κ1) is 15.1. The average Bonchev–Trinajstić information content (AvgIpc) is 2.63. The van der Waals surface area contributed by atoms with E-state index in [1.54, 1.807) is 13.8 Å². The second-order valence-corrected chi connectivity index (χ2v) is 8.00. The van der Waals surface area contributed by atoms with Crippen molar-refractivity contribution in [3.63, 3.8) is 0 Å². The molecule has 7 heteroatoms. The minimum atomic E-state index is -3.08. The SMILES string of the molecule is CC(C)n1ncnc1CNCC(C)(C)S(C)(=O)=O. The third-order valence-corrected chi connectivity index (χ3v) is 5.13. The molecular formula is C11H22N4O2S. The average molecular weight is 274 g/mol. The zero-order chi connectivity index (χ0) is 14.0. The van der Waals surface area contributed by atoms with Crippen LogP contribution < -0.4 is 5.32 Å². The molecule has 1 N–H and O–H groups in total. The highest BCUT2D eigenvalue weighted by molar-refractivity contribution is 7.92. The summed E-state index contributed by atoms with van der Waals surface area (Å²) in [5.74, 6) is 0.814. The second kappa shape index (κ2) is 5.36. The van der Waals surface area contributed by atoms with Crippen LogP contribution in [0.3, 0.4) is 0 Å². The molecule has 1 rings (SSSR count). The number of sulfone groups is 1. The van der Waals surface area contributed by atoms with Crippen molar-refractivity contribution in [1.29, 1.82) is 0 Å². The summed E-state index contributed by atoms with van der Waals surface area (Å²) >= 11 is 0. The van der Waals surface area contributed by atoms with E-state index >= 15 is 0 Å². The van der Waals surface area contributed by atoms with Gasteiger partial charge in [-0.15, -0.1) is 0 Å². The summed E-state index contributed by atoms with van der Waals surface area (Å²) in [5.41, 5.74) is 0. The Kier molecular flexibility index (Phi) is 4.50. The summed E-state index contributed by atoms with van der Waals surface area (Å²) in [6, 6.07) is 0.243. The number of aromatic nitrogens is 3. The van der Waals surface area contributed by atoms with Crippen molar-refractivity contribution in [3.8, 4) is 0 Å². The lowest BCUT2D eigenvalue weighted by atomic mass is 10.2. The van der Waals surface area contributed by atoms with Crippen LogP contribution in [-0.4, -0.2) is 40.7 Å². The van der Waals surface area contributed by atoms with Gasteiger partial charge < -0.3 is 5.32 Å². The predicted octanol–water partition coefficient (Wildman–Crippen LogP) is 0.772. The molecule has 0 aliphatic rings. The van der Waals surface area contributed by atoms with Crippen LogP contribution >= 0.6 is 0 Å². The zero-order valence-electron chi connectivity index (χ0n) is 11.6. The lowest BCUT2D eigenvalue weighted by Gasteiger charge is -2.22. The predicted molar refractivity (Wildman–Crippen MR) is 71.0 cm³/mol. The smallest absolute Gasteiger partial charge is 0.153 e. The van der Waals surface area contributed by atoms with Crippen molar-refractivity contribution >= 4 is 9.84 Å². The molecule has 18 heavy (non-hydrogen) atoms. The first-order chi connectivity index (χ1) is 8.15. The van der Waals surface area contributed by atoms with E-state index in [1.165, 1.54) is 12.6 Å². The molecule has 6 nitrogen and oxygen atoms in total. The summed E-state index contributed by atoms with van der Waals surface area (Å²) in [6.07, 6.45) is 2.77. The van der Waals surface area contributed by atoms with Gasteiger partial charge in [-0.1, -0.05) is 0 Å². The summed E-state index contributed by atoms with van der Waals surface area (Å²) < 4.78 is 24.1. The summed E-state index contributed by atoms with van der Waals surface area (Å²) in [5, 5.41) is 7.25. The molecule has 0 radical (unpaired) electrons. The fourth-order valence-electron chi connectivity index (χ4n) is 1.44. The van der Waals surface area contributed by atoms with Crippen molar-refractivity contribution in [2.75, 3.05) is 12.8 Å². The Labute approximate surface area is 109 Å². The normalized spacial score (nSPS) is 13.2. The van der Waals surface area contributed by atoms with Gasteiger partial charge in [0.2, 0.25) is 0 Å². The van der Waals surface area contributed by atoms with E-state index in [0.29, 0.717) is 13.1 Å². The molecule has 0 aliphatic carbocycles. The van der Waals surface area contributed by atoms with Crippen LogP contribution in [0, 0.1) is 0 Å². The topological polar surface area (TPSA) is 76.9 Å². The minimum absolute atomic E-state index is 0.243. The van der Waals surface area contributed by atoms with E-state index in [4.69, 9.17) is 0 Å². The van der Waals surface area contributed by atoms with Gasteiger partial charge in [-0.05, 0) is 27.7 Å². The molecule has 0 amide bonds. The molecular weight excluding hydrogens is 252 g/mol. The van der Waals surface area contributed by atoms with Crippen LogP contribution in [0.1, 0.15) is 39.6 Å². The van der Waals surface area contributed by atoms with Crippen LogP contribution in [0.25, 0.3) is 0 Å². The van der Waals surface area contributed by atoms with Crippen LogP contribution in [0.4, 0.5) is 0 Å². The molecule has 0 aliphatic heterocycles. The maximum atomic E-state index is 11.5. The fraction of sp³-hybridized carbons (Fsp3) is 0.818. The Morgan fingerprint density at radius 3 is 2.56 bits per heavy atom. The van der Waals surface area contributed by atoms with Crippen molar-refractivity contribution < 1.29 is 8.42 Å². The molecule has 1 heterocycles. The minimum Gasteiger partial charge on any atom is -0.308 e. The Balaban J connectivity index is 2.60. The largest absolute Gasteiger partial charge is 0.308 e. The first-order valence-electron chi connectivity index (χ1n) is 5.94. The van der Waals surface area contributed by atoms with Crippen molar-refractivity contribution in [3.05, 3.63) is 12.2 Å². The highest BCUT2D eigenvalue weighted by Crippen LogP contribution is 2.13. The van der Waals surface area contributed by atoms with Crippen LogP contribution in [0.15, 0.2) is 6.33 Å². The van der Waals surface area contributed by atoms with Gasteiger partial charge in [-0.25, -0.2) is 18.1 Å².